The lowest BCUT2D eigenvalue weighted by Gasteiger charge is -2.06. The van der Waals surface area contributed by atoms with Crippen LogP contribution in [-0.2, 0) is 12.3 Å². The van der Waals surface area contributed by atoms with E-state index in [1.54, 1.807) is 30.4 Å². The largest absolute Gasteiger partial charge is 0.440 e. The Labute approximate surface area is 165 Å². The summed E-state index contributed by atoms with van der Waals surface area (Å²) in [5.74, 6) is 2.76. The number of nitrogens with zero attached hydrogens (tertiary/aromatic N) is 5. The van der Waals surface area contributed by atoms with Crippen LogP contribution in [0.2, 0.25) is 5.02 Å². The van der Waals surface area contributed by atoms with E-state index in [1.165, 1.54) is 0 Å². The van der Waals surface area contributed by atoms with Crippen LogP contribution >= 0.6 is 23.4 Å². The minimum Gasteiger partial charge on any atom is -0.440 e. The molecule has 0 saturated heterocycles. The first-order chi connectivity index (χ1) is 13.2. The summed E-state index contributed by atoms with van der Waals surface area (Å²) in [6, 6.07) is 11.3. The van der Waals surface area contributed by atoms with Gasteiger partial charge in [-0.05, 0) is 43.3 Å². The zero-order valence-electron chi connectivity index (χ0n) is 14.5. The Morgan fingerprint density at radius 1 is 1.04 bits per heavy atom. The highest BCUT2D eigenvalue weighted by molar-refractivity contribution is 7.98. The number of aromatic nitrogens is 5. The summed E-state index contributed by atoms with van der Waals surface area (Å²) in [4.78, 5) is 8.41. The molecular formula is C19H16ClN5OS. The van der Waals surface area contributed by atoms with Gasteiger partial charge in [-0.15, -0.1) is 10.2 Å². The fraction of sp³-hybridized carbons (Fsp3) is 0.158. The molecular weight excluding hydrogens is 382 g/mol. The zero-order chi connectivity index (χ0) is 18.6. The van der Waals surface area contributed by atoms with Crippen molar-refractivity contribution in [2.75, 3.05) is 0 Å². The second-order valence-corrected chi connectivity index (χ2v) is 7.08. The molecule has 1 aromatic carbocycles. The Kier molecular flexibility index (Phi) is 5.22. The van der Waals surface area contributed by atoms with Crippen molar-refractivity contribution >= 4 is 23.4 Å². The monoisotopic (exact) mass is 397 g/mol. The summed E-state index contributed by atoms with van der Waals surface area (Å²) in [6.07, 6.45) is 5.23. The third-order valence-corrected chi connectivity index (χ3v) is 5.18. The van der Waals surface area contributed by atoms with Gasteiger partial charge in [0.25, 0.3) is 0 Å². The molecule has 0 bridgehead atoms. The molecule has 3 heterocycles. The molecule has 0 N–H and O–H groups in total. The lowest BCUT2D eigenvalue weighted by Crippen LogP contribution is -2.00. The number of pyridine rings is 1. The smallest absolute Gasteiger partial charge is 0.205 e. The molecule has 0 fully saturated rings. The van der Waals surface area contributed by atoms with Gasteiger partial charge in [-0.25, -0.2) is 4.98 Å². The van der Waals surface area contributed by atoms with Crippen LogP contribution in [0, 0.1) is 0 Å². The summed E-state index contributed by atoms with van der Waals surface area (Å²) < 4.78 is 7.93. The molecule has 0 amide bonds. The Morgan fingerprint density at radius 3 is 2.56 bits per heavy atom. The first-order valence-corrected chi connectivity index (χ1v) is 9.78. The van der Waals surface area contributed by atoms with E-state index < -0.39 is 0 Å². The summed E-state index contributed by atoms with van der Waals surface area (Å²) in [5.41, 5.74) is 1.94. The molecule has 0 atom stereocenters. The molecule has 0 aliphatic carbocycles. The predicted octanol–water partition coefficient (Wildman–Crippen LogP) is 4.96. The summed E-state index contributed by atoms with van der Waals surface area (Å²) >= 11 is 7.48. The molecule has 0 saturated carbocycles. The van der Waals surface area contributed by atoms with E-state index in [4.69, 9.17) is 16.0 Å². The van der Waals surface area contributed by atoms with E-state index in [1.807, 2.05) is 36.4 Å². The van der Waals surface area contributed by atoms with Crippen LogP contribution in [0.25, 0.3) is 22.7 Å². The maximum Gasteiger partial charge on any atom is 0.205 e. The SMILES string of the molecule is CCn1c(SCc2ncc(-c3ccc(Cl)cc3)o2)nnc1-c1ccncc1. The molecule has 0 aliphatic heterocycles. The van der Waals surface area contributed by atoms with Crippen molar-refractivity contribution in [3.8, 4) is 22.7 Å². The highest BCUT2D eigenvalue weighted by atomic mass is 35.5. The Balaban J connectivity index is 1.50. The molecule has 0 radical (unpaired) electrons. The van der Waals surface area contributed by atoms with Gasteiger partial charge in [0.2, 0.25) is 5.89 Å². The van der Waals surface area contributed by atoms with Crippen LogP contribution in [0.5, 0.6) is 0 Å². The van der Waals surface area contributed by atoms with Crippen LogP contribution in [0.15, 0.2) is 64.6 Å². The second kappa shape index (κ2) is 7.94. The molecule has 0 spiro atoms. The highest BCUT2D eigenvalue weighted by Crippen LogP contribution is 2.28. The number of rotatable bonds is 6. The fourth-order valence-corrected chi connectivity index (χ4v) is 3.63. The van der Waals surface area contributed by atoms with Crippen molar-refractivity contribution < 1.29 is 4.42 Å². The third kappa shape index (κ3) is 3.89. The molecule has 4 aromatic rings. The quantitative estimate of drug-likeness (QED) is 0.428. The minimum atomic E-state index is 0.571. The molecule has 0 aliphatic rings. The zero-order valence-corrected chi connectivity index (χ0v) is 16.1. The molecule has 3 aromatic heterocycles. The minimum absolute atomic E-state index is 0.571. The van der Waals surface area contributed by atoms with Crippen LogP contribution in [0.1, 0.15) is 12.8 Å². The van der Waals surface area contributed by atoms with E-state index in [0.29, 0.717) is 16.7 Å². The van der Waals surface area contributed by atoms with Crippen molar-refractivity contribution in [1.29, 1.82) is 0 Å². The Morgan fingerprint density at radius 2 is 1.81 bits per heavy atom. The third-order valence-electron chi connectivity index (χ3n) is 3.98. The van der Waals surface area contributed by atoms with Crippen LogP contribution < -0.4 is 0 Å². The number of oxazole rings is 1. The van der Waals surface area contributed by atoms with Crippen LogP contribution in [-0.4, -0.2) is 24.7 Å². The lowest BCUT2D eigenvalue weighted by atomic mass is 10.2. The van der Waals surface area contributed by atoms with E-state index in [-0.39, 0.29) is 0 Å². The molecule has 27 heavy (non-hydrogen) atoms. The summed E-state index contributed by atoms with van der Waals surface area (Å²) in [7, 11) is 0. The molecule has 0 unspecified atom stereocenters. The topological polar surface area (TPSA) is 69.6 Å². The highest BCUT2D eigenvalue weighted by Gasteiger charge is 2.14. The van der Waals surface area contributed by atoms with Gasteiger partial charge in [-0.1, -0.05) is 23.4 Å². The average Bonchev–Trinajstić information content (AvgIpc) is 3.34. The second-order valence-electron chi connectivity index (χ2n) is 5.70. The number of benzene rings is 1. The van der Waals surface area contributed by atoms with Gasteiger partial charge in [-0.2, -0.15) is 0 Å². The van der Waals surface area contributed by atoms with Crippen molar-refractivity contribution in [1.82, 2.24) is 24.7 Å². The van der Waals surface area contributed by atoms with Gasteiger partial charge >= 0.3 is 0 Å². The fourth-order valence-electron chi connectivity index (χ4n) is 2.65. The Hall–Kier alpha value is -2.64. The Bertz CT molecular complexity index is 1030. The van der Waals surface area contributed by atoms with E-state index >= 15 is 0 Å². The number of halogens is 1. The summed E-state index contributed by atoms with van der Waals surface area (Å²) in [6.45, 7) is 2.84. The first kappa shape index (κ1) is 17.8. The number of thioether (sulfide) groups is 1. The van der Waals surface area contributed by atoms with Gasteiger partial charge in [0.1, 0.15) is 0 Å². The molecule has 136 valence electrons. The van der Waals surface area contributed by atoms with E-state index in [9.17, 15) is 0 Å². The number of hydrogen-bond donors (Lipinski definition) is 0. The van der Waals surface area contributed by atoms with Gasteiger partial charge in [0.15, 0.2) is 16.7 Å². The average molecular weight is 398 g/mol. The van der Waals surface area contributed by atoms with Gasteiger partial charge < -0.3 is 8.98 Å². The van der Waals surface area contributed by atoms with Gasteiger partial charge in [0, 0.05) is 35.1 Å². The standard InChI is InChI=1S/C19H16ClN5OS/c1-2-25-18(14-7-9-21-10-8-14)23-24-19(25)27-12-17-22-11-16(26-17)13-3-5-15(20)6-4-13/h3-11H,2,12H2,1H3. The van der Waals surface area contributed by atoms with Crippen LogP contribution in [0.4, 0.5) is 0 Å². The number of hydrogen-bond acceptors (Lipinski definition) is 6. The summed E-state index contributed by atoms with van der Waals surface area (Å²) in [5, 5.41) is 10.2. The van der Waals surface area contributed by atoms with Crippen molar-refractivity contribution in [3.05, 3.63) is 65.9 Å². The van der Waals surface area contributed by atoms with Crippen LogP contribution in [0.3, 0.4) is 0 Å². The molecule has 4 rings (SSSR count). The lowest BCUT2D eigenvalue weighted by molar-refractivity contribution is 0.529. The van der Waals surface area contributed by atoms with E-state index in [0.717, 1.165) is 34.4 Å². The predicted molar refractivity (Wildman–Crippen MR) is 105 cm³/mol. The first-order valence-electron chi connectivity index (χ1n) is 8.41. The van der Waals surface area contributed by atoms with Gasteiger partial charge in [-0.3, -0.25) is 4.98 Å². The maximum absolute atomic E-state index is 5.93. The normalized spacial score (nSPS) is 11.0. The van der Waals surface area contributed by atoms with E-state index in [2.05, 4.69) is 31.7 Å². The van der Waals surface area contributed by atoms with Crippen molar-refractivity contribution in [3.63, 3.8) is 0 Å². The van der Waals surface area contributed by atoms with Crippen molar-refractivity contribution in [2.24, 2.45) is 0 Å². The van der Waals surface area contributed by atoms with Gasteiger partial charge in [0.05, 0.1) is 11.9 Å². The molecule has 8 heteroatoms. The molecule has 6 nitrogen and oxygen atoms in total. The maximum atomic E-state index is 5.93. The van der Waals surface area contributed by atoms with Crippen molar-refractivity contribution in [2.45, 2.75) is 24.4 Å².